The lowest BCUT2D eigenvalue weighted by Crippen LogP contribution is -2.57. The van der Waals surface area contributed by atoms with E-state index in [4.69, 9.17) is 20.1 Å². The molecule has 3 fully saturated rings. The van der Waals surface area contributed by atoms with Crippen LogP contribution in [0.25, 0.3) is 0 Å². The van der Waals surface area contributed by atoms with E-state index in [0.717, 1.165) is 23.5 Å². The molecule has 6 rings (SSSR count). The number of likely N-dealkylation sites (tertiary alicyclic amines) is 1. The summed E-state index contributed by atoms with van der Waals surface area (Å²) in [6, 6.07) is -1.92. The lowest BCUT2D eigenvalue weighted by Gasteiger charge is -2.35. The number of nitrogen functional groups attached to an aromatic ring is 1. The van der Waals surface area contributed by atoms with Gasteiger partial charge in [0.15, 0.2) is 22.3 Å². The van der Waals surface area contributed by atoms with Crippen LogP contribution in [0.15, 0.2) is 22.7 Å². The number of thiazole rings is 1. The average Bonchev–Trinajstić information content (AvgIpc) is 3.80. The van der Waals surface area contributed by atoms with E-state index in [1.807, 2.05) is 4.90 Å². The number of amides is 4. The number of oxime groups is 1. The maximum atomic E-state index is 13.5. The number of carbonyl (C=O) groups is 7. The third kappa shape index (κ3) is 5.47. The topological polar surface area (TPSA) is 301 Å². The van der Waals surface area contributed by atoms with Crippen LogP contribution < -0.4 is 11.1 Å². The molecular weight excluding hydrogens is 690 g/mol. The number of aliphatic carboxylic acids is 2. The van der Waals surface area contributed by atoms with Crippen molar-refractivity contribution in [1.29, 1.82) is 0 Å². The molecule has 0 saturated carbocycles. The third-order valence-electron chi connectivity index (χ3n) is 8.65. The van der Waals surface area contributed by atoms with E-state index in [0.29, 0.717) is 18.0 Å². The first kappa shape index (κ1) is 34.0. The van der Waals surface area contributed by atoms with Gasteiger partial charge in [0.2, 0.25) is 5.60 Å². The summed E-state index contributed by atoms with van der Waals surface area (Å²) in [6.07, 6.45) is -0.936. The van der Waals surface area contributed by atoms with Crippen molar-refractivity contribution < 1.29 is 68.4 Å². The highest BCUT2D eigenvalue weighted by Crippen LogP contribution is 2.41. The Labute approximate surface area is 283 Å². The minimum Gasteiger partial charge on any atom is -0.504 e. The first-order chi connectivity index (χ1) is 23.6. The van der Waals surface area contributed by atoms with Gasteiger partial charge in [-0.05, 0) is 19.2 Å². The van der Waals surface area contributed by atoms with Gasteiger partial charge in [-0.15, -0.1) is 11.3 Å². The van der Waals surface area contributed by atoms with Crippen molar-refractivity contribution in [1.82, 2.24) is 25.2 Å². The average molecular weight is 718 g/mol. The number of nitrogens with two attached hydrogens (primary N) is 1. The molecule has 0 spiro atoms. The van der Waals surface area contributed by atoms with Gasteiger partial charge in [-0.2, -0.15) is 5.06 Å². The second kappa shape index (κ2) is 12.2. The van der Waals surface area contributed by atoms with E-state index in [9.17, 15) is 54.0 Å². The molecular formula is C28H27N7O14S. The van der Waals surface area contributed by atoms with Crippen LogP contribution in [0.5, 0.6) is 11.5 Å². The van der Waals surface area contributed by atoms with Gasteiger partial charge in [0.25, 0.3) is 23.6 Å². The quantitative estimate of drug-likeness (QED) is 0.0540. The highest BCUT2D eigenvalue weighted by Gasteiger charge is 2.65. The number of hydrogen-bond donors (Lipinski definition) is 6. The second-order valence-corrected chi connectivity index (χ2v) is 12.6. The number of hydrogen-bond acceptors (Lipinski definition) is 17. The van der Waals surface area contributed by atoms with Crippen molar-refractivity contribution in [2.75, 3.05) is 32.5 Å². The number of cyclic esters (lactones) is 1. The fourth-order valence-corrected chi connectivity index (χ4v) is 6.37. The lowest BCUT2D eigenvalue weighted by atomic mass is 9.92. The molecule has 50 heavy (non-hydrogen) atoms. The Morgan fingerprint density at radius 1 is 1.06 bits per heavy atom. The van der Waals surface area contributed by atoms with Crippen molar-refractivity contribution in [3.8, 4) is 11.5 Å². The molecule has 1 aromatic heterocycles. The van der Waals surface area contributed by atoms with Crippen molar-refractivity contribution in [3.63, 3.8) is 0 Å². The molecule has 4 amide bonds. The van der Waals surface area contributed by atoms with Gasteiger partial charge in [0.1, 0.15) is 24.4 Å². The van der Waals surface area contributed by atoms with E-state index in [2.05, 4.69) is 15.5 Å². The zero-order chi connectivity index (χ0) is 36.3. The van der Waals surface area contributed by atoms with Crippen LogP contribution in [0.3, 0.4) is 0 Å². The molecule has 1 unspecified atom stereocenters. The first-order valence-electron chi connectivity index (χ1n) is 14.7. The van der Waals surface area contributed by atoms with Gasteiger partial charge >= 0.3 is 23.6 Å². The van der Waals surface area contributed by atoms with Crippen LogP contribution in [0.2, 0.25) is 0 Å². The number of hydroxylamine groups is 2. The number of carboxylic acids is 2. The standard InChI is InChI=1S/C28H27N7O14S/c1-33-4-2-27(3-5-33,24(43)44)49-32-18(14-10-50-26(29)31-14)19(38)30-13-9-47-35(22(13)41)28(25(45)46)8-15(23(42)48-28)34-20(39)11-6-16(36)17(37)7-12(11)21(34)40/h6-7,10,13,15,36-37H,2-5,8-9H2,1H3,(H2,29,31)(H,30,38)(H,43,44)(H,45,46)/b32-18-/t13-,15-,28?/m0/s1. The summed E-state index contributed by atoms with van der Waals surface area (Å²) in [4.78, 5) is 108. The Balaban J connectivity index is 1.22. The van der Waals surface area contributed by atoms with Gasteiger partial charge in [0, 0.05) is 31.3 Å². The van der Waals surface area contributed by atoms with Crippen LogP contribution in [-0.2, 0) is 38.4 Å². The number of anilines is 1. The number of ether oxygens (including phenoxy) is 1. The number of nitrogens with zero attached hydrogens (tertiary/aromatic N) is 5. The van der Waals surface area contributed by atoms with Gasteiger partial charge in [-0.1, -0.05) is 5.16 Å². The zero-order valence-corrected chi connectivity index (χ0v) is 26.5. The number of carboxylic acid groups (broad SMARTS) is 2. The maximum absolute atomic E-state index is 13.5. The number of carbonyl (C=O) groups excluding carboxylic acids is 5. The SMILES string of the molecule is CN1CCC(O/N=C(\C(=O)N[C@H]2CON(C3(C(=O)O)C[C@H](N4C(=O)c5cc(O)c(O)cc5C4=O)C(=O)O3)C2=O)c2csc(N)n2)(C(=O)O)CC1. The molecule has 0 radical (unpaired) electrons. The van der Waals surface area contributed by atoms with Crippen molar-refractivity contribution in [2.45, 2.75) is 42.7 Å². The Bertz CT molecular complexity index is 1850. The first-order valence-corrected chi connectivity index (χ1v) is 15.5. The number of imide groups is 1. The number of aromatic nitrogens is 1. The molecule has 3 atom stereocenters. The molecule has 1 aromatic carbocycles. The summed E-state index contributed by atoms with van der Waals surface area (Å²) < 4.78 is 5.11. The van der Waals surface area contributed by atoms with Gasteiger partial charge < -0.3 is 46.0 Å². The van der Waals surface area contributed by atoms with Crippen LogP contribution in [-0.4, -0.2) is 138 Å². The van der Waals surface area contributed by atoms with E-state index in [-0.39, 0.29) is 39.9 Å². The summed E-state index contributed by atoms with van der Waals surface area (Å²) >= 11 is 0.926. The van der Waals surface area contributed by atoms with Crippen LogP contribution >= 0.6 is 11.3 Å². The number of benzene rings is 1. The van der Waals surface area contributed by atoms with E-state index in [1.54, 1.807) is 7.05 Å². The Morgan fingerprint density at radius 3 is 2.22 bits per heavy atom. The number of aromatic hydroxyl groups is 2. The van der Waals surface area contributed by atoms with Crippen LogP contribution in [0.1, 0.15) is 45.7 Å². The Hall–Kier alpha value is -5.87. The molecule has 21 nitrogen and oxygen atoms in total. The maximum Gasteiger partial charge on any atom is 0.372 e. The number of phenols is 2. The number of piperidine rings is 1. The Kier molecular flexibility index (Phi) is 8.32. The molecule has 3 saturated heterocycles. The number of phenolic OH excluding ortho intramolecular Hbond substituents is 2. The Morgan fingerprint density at radius 2 is 1.68 bits per heavy atom. The van der Waals surface area contributed by atoms with Gasteiger partial charge in [-0.3, -0.25) is 28.9 Å². The predicted molar refractivity (Wildman–Crippen MR) is 161 cm³/mol. The number of nitrogens with one attached hydrogen (secondary N) is 1. The smallest absolute Gasteiger partial charge is 0.372 e. The molecule has 4 aliphatic heterocycles. The fraction of sp³-hybridized carbons (Fsp3) is 0.393. The summed E-state index contributed by atoms with van der Waals surface area (Å²) in [6.45, 7) is 0.0214. The summed E-state index contributed by atoms with van der Waals surface area (Å²) in [7, 11) is 1.79. The van der Waals surface area contributed by atoms with E-state index < -0.39 is 95.2 Å². The minimum atomic E-state index is -2.91. The number of fused-ring (bicyclic) bond motifs is 1. The lowest BCUT2D eigenvalue weighted by molar-refractivity contribution is -0.256. The predicted octanol–water partition coefficient (Wildman–Crippen LogP) is -1.94. The largest absolute Gasteiger partial charge is 0.504 e. The fourth-order valence-electron chi connectivity index (χ4n) is 5.82. The summed E-state index contributed by atoms with van der Waals surface area (Å²) in [5, 5.41) is 47.4. The highest BCUT2D eigenvalue weighted by atomic mass is 32.1. The number of esters is 1. The molecule has 2 aromatic rings. The molecule has 5 heterocycles. The summed E-state index contributed by atoms with van der Waals surface area (Å²) in [5.41, 5.74) is -0.420. The van der Waals surface area contributed by atoms with Crippen LogP contribution in [0.4, 0.5) is 5.13 Å². The molecule has 0 aliphatic carbocycles. The molecule has 0 bridgehead atoms. The van der Waals surface area contributed by atoms with Gasteiger partial charge in [0.05, 0.1) is 17.5 Å². The number of rotatable bonds is 9. The molecule has 7 N–H and O–H groups in total. The van der Waals surface area contributed by atoms with Gasteiger partial charge in [-0.25, -0.2) is 19.4 Å². The third-order valence-corrected chi connectivity index (χ3v) is 9.32. The molecule has 4 aliphatic rings. The van der Waals surface area contributed by atoms with E-state index >= 15 is 0 Å². The highest BCUT2D eigenvalue weighted by molar-refractivity contribution is 7.13. The van der Waals surface area contributed by atoms with Crippen molar-refractivity contribution in [3.05, 3.63) is 34.3 Å². The summed E-state index contributed by atoms with van der Waals surface area (Å²) in [5.74, 6) is -10.6. The minimum absolute atomic E-state index is 0.0202. The second-order valence-electron chi connectivity index (χ2n) is 11.8. The monoisotopic (exact) mass is 717 g/mol. The van der Waals surface area contributed by atoms with Crippen molar-refractivity contribution >= 4 is 63.7 Å². The normalized spacial score (nSPS) is 25.1. The van der Waals surface area contributed by atoms with E-state index in [1.165, 1.54) is 5.38 Å². The molecule has 22 heteroatoms. The molecule has 264 valence electrons. The van der Waals surface area contributed by atoms with Crippen molar-refractivity contribution in [2.24, 2.45) is 5.16 Å². The zero-order valence-electron chi connectivity index (χ0n) is 25.7. The van der Waals surface area contributed by atoms with Crippen LogP contribution in [0, 0.1) is 0 Å².